The number of allylic oxidation sites excluding steroid dienone is 1. The summed E-state index contributed by atoms with van der Waals surface area (Å²) >= 11 is 0. The Morgan fingerprint density at radius 3 is 2.77 bits per heavy atom. The molecule has 0 saturated heterocycles. The van der Waals surface area contributed by atoms with Crippen LogP contribution in [0.15, 0.2) is 6.08 Å². The smallest absolute Gasteiger partial charge is 0.264 e. The summed E-state index contributed by atoms with van der Waals surface area (Å²) in [5.74, 6) is 0. The van der Waals surface area contributed by atoms with Crippen molar-refractivity contribution in [3.63, 3.8) is 0 Å². The maximum atomic E-state index is 10.1. The van der Waals surface area contributed by atoms with E-state index < -0.39 is 10.4 Å². The van der Waals surface area contributed by atoms with Crippen LogP contribution in [0.25, 0.3) is 0 Å². The fraction of sp³-hybridized carbons (Fsp3) is 0.750. The van der Waals surface area contributed by atoms with Crippen LogP contribution in [0.5, 0.6) is 0 Å². The molecule has 0 fully saturated rings. The Kier molecular flexibility index (Phi) is 6.84. The van der Waals surface area contributed by atoms with Gasteiger partial charge in [0.2, 0.25) is 0 Å². The van der Waals surface area contributed by atoms with Gasteiger partial charge in [0, 0.05) is 0 Å². The lowest BCUT2D eigenvalue weighted by atomic mass is 10.2. The van der Waals surface area contributed by atoms with Crippen molar-refractivity contribution in [2.24, 2.45) is 0 Å². The van der Waals surface area contributed by atoms with Crippen molar-refractivity contribution >= 4 is 10.4 Å². The van der Waals surface area contributed by atoms with E-state index in [-0.39, 0.29) is 6.61 Å². The van der Waals surface area contributed by atoms with Crippen molar-refractivity contribution in [2.45, 2.75) is 32.6 Å². The molecule has 1 N–H and O–H groups in total. The van der Waals surface area contributed by atoms with Crippen LogP contribution < -0.4 is 0 Å². The summed E-state index contributed by atoms with van der Waals surface area (Å²) in [5, 5.41) is 0. The van der Waals surface area contributed by atoms with E-state index in [0.717, 1.165) is 19.3 Å². The van der Waals surface area contributed by atoms with Crippen LogP contribution in [0.4, 0.5) is 0 Å². The van der Waals surface area contributed by atoms with E-state index in [4.69, 9.17) is 4.55 Å². The van der Waals surface area contributed by atoms with Gasteiger partial charge in [-0.05, 0) is 25.3 Å². The minimum absolute atomic E-state index is 0.0298. The second-order valence-electron chi connectivity index (χ2n) is 2.55. The highest BCUT2D eigenvalue weighted by atomic mass is 32.3. The molecule has 0 spiro atoms. The van der Waals surface area contributed by atoms with Gasteiger partial charge < -0.3 is 0 Å². The molecule has 0 amide bonds. The average molecular weight is 207 g/mol. The van der Waals surface area contributed by atoms with Gasteiger partial charge in [0.15, 0.2) is 0 Å². The van der Waals surface area contributed by atoms with Crippen molar-refractivity contribution in [1.29, 1.82) is 0 Å². The number of hydrogen-bond donors (Lipinski definition) is 1. The molecule has 0 aliphatic carbocycles. The summed E-state index contributed by atoms with van der Waals surface area (Å²) in [7, 11) is -4.27. The minimum atomic E-state index is -4.27. The third-order valence-electron chi connectivity index (χ3n) is 1.31. The fourth-order valence-electron chi connectivity index (χ4n) is 0.695. The lowest BCUT2D eigenvalue weighted by molar-refractivity contribution is 0.273. The van der Waals surface area contributed by atoms with E-state index >= 15 is 0 Å². The SMILES string of the molecule is CCCC/[C]=C/CCOS(=O)(=O)O. The summed E-state index contributed by atoms with van der Waals surface area (Å²) in [4.78, 5) is 0. The first-order valence-corrected chi connectivity index (χ1v) is 5.59. The quantitative estimate of drug-likeness (QED) is 0.510. The lowest BCUT2D eigenvalue weighted by Crippen LogP contribution is -2.03. The van der Waals surface area contributed by atoms with Crippen molar-refractivity contribution in [3.8, 4) is 0 Å². The highest BCUT2D eigenvalue weighted by Gasteiger charge is 2.00. The van der Waals surface area contributed by atoms with Crippen molar-refractivity contribution < 1.29 is 17.2 Å². The molecule has 1 radical (unpaired) electrons. The second-order valence-corrected chi connectivity index (χ2v) is 3.64. The first-order chi connectivity index (χ1) is 6.06. The maximum absolute atomic E-state index is 10.1. The molecule has 77 valence electrons. The van der Waals surface area contributed by atoms with Crippen LogP contribution >= 0.6 is 0 Å². The van der Waals surface area contributed by atoms with Gasteiger partial charge in [0.1, 0.15) is 0 Å². The summed E-state index contributed by atoms with van der Waals surface area (Å²) in [6.07, 6.45) is 8.23. The summed E-state index contributed by atoms with van der Waals surface area (Å²) in [5.41, 5.74) is 0. The molecule has 13 heavy (non-hydrogen) atoms. The van der Waals surface area contributed by atoms with Gasteiger partial charge in [-0.1, -0.05) is 19.4 Å². The molecule has 5 heteroatoms. The highest BCUT2D eigenvalue weighted by molar-refractivity contribution is 7.80. The van der Waals surface area contributed by atoms with Crippen LogP contribution in [-0.2, 0) is 14.6 Å². The third-order valence-corrected chi connectivity index (χ3v) is 1.78. The molecular formula is C8H15O4S. The Bertz CT molecular complexity index is 231. The second kappa shape index (κ2) is 7.06. The van der Waals surface area contributed by atoms with Gasteiger partial charge in [0.05, 0.1) is 6.61 Å². The Morgan fingerprint density at radius 1 is 1.54 bits per heavy atom. The van der Waals surface area contributed by atoms with Gasteiger partial charge in [-0.3, -0.25) is 4.55 Å². The van der Waals surface area contributed by atoms with E-state index in [0.29, 0.717) is 6.42 Å². The van der Waals surface area contributed by atoms with Crippen LogP contribution in [-0.4, -0.2) is 19.6 Å². The minimum Gasteiger partial charge on any atom is -0.264 e. The maximum Gasteiger partial charge on any atom is 0.397 e. The Labute approximate surface area is 79.6 Å². The van der Waals surface area contributed by atoms with E-state index in [1.54, 1.807) is 6.08 Å². The Balaban J connectivity index is 3.30. The van der Waals surface area contributed by atoms with E-state index in [1.807, 2.05) is 0 Å². The average Bonchev–Trinajstić information content (AvgIpc) is 2.01. The van der Waals surface area contributed by atoms with Gasteiger partial charge in [-0.25, -0.2) is 4.18 Å². The Morgan fingerprint density at radius 2 is 2.23 bits per heavy atom. The first kappa shape index (κ1) is 12.6. The van der Waals surface area contributed by atoms with Gasteiger partial charge in [-0.2, -0.15) is 8.42 Å². The normalized spacial score (nSPS) is 12.5. The van der Waals surface area contributed by atoms with E-state index in [9.17, 15) is 8.42 Å². The van der Waals surface area contributed by atoms with Crippen LogP contribution in [0.2, 0.25) is 0 Å². The zero-order valence-electron chi connectivity index (χ0n) is 7.69. The molecule has 0 atom stereocenters. The molecule has 0 aromatic rings. The van der Waals surface area contributed by atoms with E-state index in [1.165, 1.54) is 0 Å². The summed E-state index contributed by atoms with van der Waals surface area (Å²) in [6.45, 7) is 2.06. The zero-order valence-corrected chi connectivity index (χ0v) is 8.51. The number of hydrogen-bond acceptors (Lipinski definition) is 3. The largest absolute Gasteiger partial charge is 0.397 e. The van der Waals surface area contributed by atoms with Gasteiger partial charge in [0.25, 0.3) is 0 Å². The Hall–Kier alpha value is -0.390. The molecule has 0 unspecified atom stereocenters. The number of unbranched alkanes of at least 4 members (excludes halogenated alkanes) is 2. The molecular weight excluding hydrogens is 192 g/mol. The molecule has 0 aliphatic rings. The molecule has 0 aromatic carbocycles. The number of rotatable bonds is 7. The van der Waals surface area contributed by atoms with Crippen LogP contribution in [0, 0.1) is 6.08 Å². The molecule has 0 saturated carbocycles. The van der Waals surface area contributed by atoms with Crippen molar-refractivity contribution in [2.75, 3.05) is 6.61 Å². The lowest BCUT2D eigenvalue weighted by Gasteiger charge is -1.94. The molecule has 0 rings (SSSR count). The van der Waals surface area contributed by atoms with Gasteiger partial charge >= 0.3 is 10.4 Å². The zero-order chi connectivity index (χ0) is 10.2. The third kappa shape index (κ3) is 11.6. The predicted octanol–water partition coefficient (Wildman–Crippen LogP) is 1.75. The topological polar surface area (TPSA) is 63.6 Å². The standard InChI is InChI=1S/C8H15O4S/c1-2-3-4-5-6-7-8-12-13(9,10)11/h6H,2-4,7-8H2,1H3,(H,9,10,11). The van der Waals surface area contributed by atoms with Crippen LogP contribution in [0.3, 0.4) is 0 Å². The molecule has 4 nitrogen and oxygen atoms in total. The molecule has 0 bridgehead atoms. The molecule has 0 aromatic heterocycles. The van der Waals surface area contributed by atoms with E-state index in [2.05, 4.69) is 17.2 Å². The van der Waals surface area contributed by atoms with Gasteiger partial charge in [-0.15, -0.1) is 0 Å². The molecule has 0 aliphatic heterocycles. The van der Waals surface area contributed by atoms with Crippen molar-refractivity contribution in [3.05, 3.63) is 12.2 Å². The van der Waals surface area contributed by atoms with Crippen LogP contribution in [0.1, 0.15) is 32.6 Å². The predicted molar refractivity (Wildman–Crippen MR) is 49.5 cm³/mol. The van der Waals surface area contributed by atoms with Crippen molar-refractivity contribution in [1.82, 2.24) is 0 Å². The summed E-state index contributed by atoms with van der Waals surface area (Å²) in [6, 6.07) is 0. The summed E-state index contributed by atoms with van der Waals surface area (Å²) < 4.78 is 32.4. The highest BCUT2D eigenvalue weighted by Crippen LogP contribution is 1.96. The first-order valence-electron chi connectivity index (χ1n) is 4.23. The fourth-order valence-corrected chi connectivity index (χ4v) is 1.00. The molecule has 0 heterocycles. The monoisotopic (exact) mass is 207 g/mol.